The molecule has 1 N–H and O–H groups in total. The zero-order valence-corrected chi connectivity index (χ0v) is 11.4. The van der Waals surface area contributed by atoms with Crippen LogP contribution < -0.4 is 5.32 Å². The molecule has 1 atom stereocenters. The van der Waals surface area contributed by atoms with Crippen molar-refractivity contribution in [3.63, 3.8) is 0 Å². The van der Waals surface area contributed by atoms with Gasteiger partial charge in [0.2, 0.25) is 0 Å². The minimum absolute atomic E-state index is 0.371. The molecule has 0 spiro atoms. The quantitative estimate of drug-likeness (QED) is 0.808. The van der Waals surface area contributed by atoms with Gasteiger partial charge in [0.1, 0.15) is 5.01 Å². The topological polar surface area (TPSA) is 24.9 Å². The van der Waals surface area contributed by atoms with Crippen molar-refractivity contribution in [3.05, 3.63) is 15.6 Å². The third kappa shape index (κ3) is 3.74. The van der Waals surface area contributed by atoms with Gasteiger partial charge in [-0.2, -0.15) is 0 Å². The molecule has 0 aliphatic carbocycles. The van der Waals surface area contributed by atoms with E-state index in [2.05, 4.69) is 38.0 Å². The average molecular weight is 247 g/mol. The van der Waals surface area contributed by atoms with Gasteiger partial charge < -0.3 is 5.32 Å². The largest absolute Gasteiger partial charge is 0.306 e. The van der Waals surface area contributed by atoms with Crippen molar-refractivity contribution in [1.29, 1.82) is 0 Å². The summed E-state index contributed by atoms with van der Waals surface area (Å²) < 4.78 is 0. The number of thiazole rings is 1. The standard InChI is InChI=1S/C11H19ClN2S/c1-7(2)10(5-12)13-6-11-14-8(3)9(4)15-11/h7,10,13H,5-6H2,1-4H3. The summed E-state index contributed by atoms with van der Waals surface area (Å²) in [6.45, 7) is 9.35. The van der Waals surface area contributed by atoms with Crippen molar-refractivity contribution in [1.82, 2.24) is 10.3 Å². The van der Waals surface area contributed by atoms with E-state index in [1.165, 1.54) is 4.88 Å². The summed E-state index contributed by atoms with van der Waals surface area (Å²) in [4.78, 5) is 5.79. The van der Waals surface area contributed by atoms with E-state index in [-0.39, 0.29) is 0 Å². The normalized spacial score (nSPS) is 13.5. The van der Waals surface area contributed by atoms with Crippen LogP contribution in [0.25, 0.3) is 0 Å². The second-order valence-electron chi connectivity index (χ2n) is 4.13. The molecule has 0 fully saturated rings. The third-order valence-electron chi connectivity index (χ3n) is 2.56. The smallest absolute Gasteiger partial charge is 0.107 e. The van der Waals surface area contributed by atoms with Crippen LogP contribution in [0.5, 0.6) is 0 Å². The molecule has 1 heterocycles. The Labute approximate surface area is 101 Å². The summed E-state index contributed by atoms with van der Waals surface area (Å²) in [5, 5.41) is 4.60. The highest BCUT2D eigenvalue weighted by atomic mass is 35.5. The number of alkyl halides is 1. The number of hydrogen-bond acceptors (Lipinski definition) is 3. The predicted octanol–water partition coefficient (Wildman–Crippen LogP) is 3.11. The maximum atomic E-state index is 5.89. The summed E-state index contributed by atoms with van der Waals surface area (Å²) >= 11 is 7.65. The second-order valence-corrected chi connectivity index (χ2v) is 5.73. The average Bonchev–Trinajstić information content (AvgIpc) is 2.47. The first-order chi connectivity index (χ1) is 7.04. The summed E-state index contributed by atoms with van der Waals surface area (Å²) in [6.07, 6.45) is 0. The molecule has 1 rings (SSSR count). The van der Waals surface area contributed by atoms with Gasteiger partial charge in [-0.1, -0.05) is 13.8 Å². The molecule has 0 bridgehead atoms. The molecule has 1 aromatic rings. The molecular weight excluding hydrogens is 228 g/mol. The number of hydrogen-bond donors (Lipinski definition) is 1. The maximum absolute atomic E-state index is 5.89. The van der Waals surface area contributed by atoms with Gasteiger partial charge in [0.05, 0.1) is 5.69 Å². The Kier molecular flexibility index (Phi) is 5.03. The lowest BCUT2D eigenvalue weighted by Crippen LogP contribution is -2.34. The Hall–Kier alpha value is -0.120. The molecule has 0 aliphatic heterocycles. The number of aromatic nitrogens is 1. The number of nitrogens with one attached hydrogen (secondary N) is 1. The van der Waals surface area contributed by atoms with E-state index in [1.807, 2.05) is 0 Å². The molecule has 1 aromatic heterocycles. The zero-order valence-electron chi connectivity index (χ0n) is 9.80. The molecule has 0 radical (unpaired) electrons. The van der Waals surface area contributed by atoms with Gasteiger partial charge in [0.15, 0.2) is 0 Å². The molecule has 86 valence electrons. The van der Waals surface area contributed by atoms with Crippen molar-refractivity contribution >= 4 is 22.9 Å². The van der Waals surface area contributed by atoms with Gasteiger partial charge in [-0.25, -0.2) is 4.98 Å². The fraction of sp³-hybridized carbons (Fsp3) is 0.727. The summed E-state index contributed by atoms with van der Waals surface area (Å²) in [5.74, 6) is 1.21. The maximum Gasteiger partial charge on any atom is 0.107 e. The van der Waals surface area contributed by atoms with E-state index in [4.69, 9.17) is 11.6 Å². The van der Waals surface area contributed by atoms with Crippen LogP contribution in [-0.4, -0.2) is 16.9 Å². The lowest BCUT2D eigenvalue weighted by atomic mass is 10.1. The minimum atomic E-state index is 0.371. The van der Waals surface area contributed by atoms with E-state index in [9.17, 15) is 0 Å². The molecule has 0 aliphatic rings. The van der Waals surface area contributed by atoms with E-state index in [0.29, 0.717) is 17.8 Å². The molecule has 1 unspecified atom stereocenters. The fourth-order valence-electron chi connectivity index (χ4n) is 1.30. The lowest BCUT2D eigenvalue weighted by molar-refractivity contribution is 0.430. The van der Waals surface area contributed by atoms with Crippen LogP contribution in [0.2, 0.25) is 0 Å². The number of nitrogens with zero attached hydrogens (tertiary/aromatic N) is 1. The van der Waals surface area contributed by atoms with Crippen LogP contribution in [0.4, 0.5) is 0 Å². The lowest BCUT2D eigenvalue weighted by Gasteiger charge is -2.18. The van der Waals surface area contributed by atoms with E-state index in [0.717, 1.165) is 17.2 Å². The van der Waals surface area contributed by atoms with Gasteiger partial charge in [-0.15, -0.1) is 22.9 Å². The van der Waals surface area contributed by atoms with Crippen LogP contribution in [0.3, 0.4) is 0 Å². The van der Waals surface area contributed by atoms with E-state index < -0.39 is 0 Å². The Morgan fingerprint density at radius 1 is 1.40 bits per heavy atom. The highest BCUT2D eigenvalue weighted by Gasteiger charge is 2.12. The van der Waals surface area contributed by atoms with Crippen LogP contribution in [-0.2, 0) is 6.54 Å². The van der Waals surface area contributed by atoms with Crippen LogP contribution in [0.1, 0.15) is 29.4 Å². The van der Waals surface area contributed by atoms with Crippen LogP contribution in [0, 0.1) is 19.8 Å². The summed E-state index contributed by atoms with van der Waals surface area (Å²) in [5.41, 5.74) is 1.14. The Morgan fingerprint density at radius 3 is 2.47 bits per heavy atom. The summed E-state index contributed by atoms with van der Waals surface area (Å²) in [6, 6.07) is 0.371. The fourth-order valence-corrected chi connectivity index (χ4v) is 2.65. The van der Waals surface area contributed by atoms with Gasteiger partial charge >= 0.3 is 0 Å². The van der Waals surface area contributed by atoms with Crippen molar-refractivity contribution in [2.24, 2.45) is 5.92 Å². The zero-order chi connectivity index (χ0) is 11.4. The molecular formula is C11H19ClN2S. The molecule has 0 amide bonds. The Bertz CT molecular complexity index is 290. The monoisotopic (exact) mass is 246 g/mol. The first-order valence-electron chi connectivity index (χ1n) is 5.26. The molecule has 0 aromatic carbocycles. The first kappa shape index (κ1) is 12.9. The van der Waals surface area contributed by atoms with Gasteiger partial charge in [0, 0.05) is 23.3 Å². The highest BCUT2D eigenvalue weighted by Crippen LogP contribution is 2.16. The first-order valence-corrected chi connectivity index (χ1v) is 6.62. The predicted molar refractivity (Wildman–Crippen MR) is 67.8 cm³/mol. The third-order valence-corrected chi connectivity index (χ3v) is 3.96. The highest BCUT2D eigenvalue weighted by molar-refractivity contribution is 7.11. The second kappa shape index (κ2) is 5.83. The van der Waals surface area contributed by atoms with Gasteiger partial charge in [-0.3, -0.25) is 0 Å². The molecule has 4 heteroatoms. The Balaban J connectivity index is 2.49. The SMILES string of the molecule is Cc1nc(CNC(CCl)C(C)C)sc1C. The number of aryl methyl sites for hydroxylation is 2. The van der Waals surface area contributed by atoms with Crippen molar-refractivity contribution in [3.8, 4) is 0 Å². The van der Waals surface area contributed by atoms with E-state index >= 15 is 0 Å². The molecule has 2 nitrogen and oxygen atoms in total. The number of halogens is 1. The van der Waals surface area contributed by atoms with Crippen molar-refractivity contribution < 1.29 is 0 Å². The van der Waals surface area contributed by atoms with Crippen LogP contribution in [0.15, 0.2) is 0 Å². The van der Waals surface area contributed by atoms with Gasteiger partial charge in [-0.05, 0) is 19.8 Å². The number of rotatable bonds is 5. The van der Waals surface area contributed by atoms with E-state index in [1.54, 1.807) is 11.3 Å². The minimum Gasteiger partial charge on any atom is -0.306 e. The van der Waals surface area contributed by atoms with Gasteiger partial charge in [0.25, 0.3) is 0 Å². The molecule has 0 saturated heterocycles. The summed E-state index contributed by atoms with van der Waals surface area (Å²) in [7, 11) is 0. The van der Waals surface area contributed by atoms with Crippen molar-refractivity contribution in [2.45, 2.75) is 40.3 Å². The van der Waals surface area contributed by atoms with Crippen LogP contribution >= 0.6 is 22.9 Å². The van der Waals surface area contributed by atoms with Crippen molar-refractivity contribution in [2.75, 3.05) is 5.88 Å². The molecule has 0 saturated carbocycles. The molecule has 15 heavy (non-hydrogen) atoms. The Morgan fingerprint density at radius 2 is 2.07 bits per heavy atom.